The highest BCUT2D eigenvalue weighted by atomic mass is 16.3. The number of aliphatic hydroxyl groups excluding tert-OH is 1. The smallest absolute Gasteiger partial charge is 0.320 e. The highest BCUT2D eigenvalue weighted by Crippen LogP contribution is 2.14. The zero-order valence-corrected chi connectivity index (χ0v) is 12.8. The molecule has 0 fully saturated rings. The van der Waals surface area contributed by atoms with Gasteiger partial charge < -0.3 is 10.4 Å². The number of nitrogens with one attached hydrogen (secondary N) is 2. The first-order valence-electron chi connectivity index (χ1n) is 7.25. The van der Waals surface area contributed by atoms with Gasteiger partial charge in [-0.15, -0.1) is 0 Å². The summed E-state index contributed by atoms with van der Waals surface area (Å²) in [5.74, 6) is 0.867. The second kappa shape index (κ2) is 7.89. The summed E-state index contributed by atoms with van der Waals surface area (Å²) in [6, 6.07) is 1.60. The number of aliphatic hydroxyl groups is 1. The van der Waals surface area contributed by atoms with E-state index < -0.39 is 6.10 Å². The molecule has 6 nitrogen and oxygen atoms in total. The quantitative estimate of drug-likeness (QED) is 0.718. The van der Waals surface area contributed by atoms with Crippen molar-refractivity contribution in [3.05, 3.63) is 12.3 Å². The molecule has 3 N–H and O–H groups in total. The Kier molecular flexibility index (Phi) is 6.51. The Bertz CT molecular complexity index is 413. The van der Waals surface area contributed by atoms with Crippen LogP contribution in [0.3, 0.4) is 0 Å². The van der Waals surface area contributed by atoms with Gasteiger partial charge in [0.25, 0.3) is 0 Å². The molecule has 0 aliphatic rings. The lowest BCUT2D eigenvalue weighted by molar-refractivity contribution is 0.104. The van der Waals surface area contributed by atoms with E-state index in [0.29, 0.717) is 5.82 Å². The highest BCUT2D eigenvalue weighted by molar-refractivity contribution is 5.88. The maximum Gasteiger partial charge on any atom is 0.320 e. The Balaban J connectivity index is 2.46. The number of anilines is 1. The molecule has 1 heterocycles. The monoisotopic (exact) mass is 282 g/mol. The lowest BCUT2D eigenvalue weighted by atomic mass is 9.97. The van der Waals surface area contributed by atoms with Crippen molar-refractivity contribution < 1.29 is 9.90 Å². The summed E-state index contributed by atoms with van der Waals surface area (Å²) in [5.41, 5.74) is 0. The van der Waals surface area contributed by atoms with E-state index in [1.54, 1.807) is 16.9 Å². The molecule has 0 aromatic carbocycles. The first-order valence-corrected chi connectivity index (χ1v) is 7.25. The van der Waals surface area contributed by atoms with Gasteiger partial charge in [0.05, 0.1) is 12.3 Å². The van der Waals surface area contributed by atoms with Crippen LogP contribution in [0.1, 0.15) is 46.6 Å². The number of aromatic nitrogens is 2. The Labute approximate surface area is 120 Å². The highest BCUT2D eigenvalue weighted by Gasteiger charge is 2.16. The van der Waals surface area contributed by atoms with Crippen LogP contribution in [0.5, 0.6) is 0 Å². The van der Waals surface area contributed by atoms with Crippen LogP contribution in [-0.2, 0) is 0 Å². The molecule has 2 amide bonds. The third kappa shape index (κ3) is 4.52. The summed E-state index contributed by atoms with van der Waals surface area (Å²) in [6.45, 7) is 8.32. The first kappa shape index (κ1) is 16.5. The van der Waals surface area contributed by atoms with E-state index in [0.717, 1.165) is 12.8 Å². The summed E-state index contributed by atoms with van der Waals surface area (Å²) < 4.78 is 1.73. The van der Waals surface area contributed by atoms with E-state index in [1.807, 2.05) is 27.7 Å². The van der Waals surface area contributed by atoms with E-state index in [4.69, 9.17) is 0 Å². The van der Waals surface area contributed by atoms with E-state index in [-0.39, 0.29) is 24.5 Å². The molecule has 6 heteroatoms. The van der Waals surface area contributed by atoms with Crippen molar-refractivity contribution in [2.75, 3.05) is 11.9 Å². The number of hydrogen-bond donors (Lipinski definition) is 3. The molecule has 20 heavy (non-hydrogen) atoms. The van der Waals surface area contributed by atoms with E-state index >= 15 is 0 Å². The van der Waals surface area contributed by atoms with Gasteiger partial charge in [-0.25, -0.2) is 9.48 Å². The molecule has 1 atom stereocenters. The fourth-order valence-electron chi connectivity index (χ4n) is 2.18. The van der Waals surface area contributed by atoms with Crippen molar-refractivity contribution in [2.24, 2.45) is 5.92 Å². The number of carbonyl (C=O) groups is 1. The molecule has 1 aromatic rings. The fraction of sp³-hybridized carbons (Fsp3) is 0.714. The number of hydrogen-bond acceptors (Lipinski definition) is 3. The fourth-order valence-corrected chi connectivity index (χ4v) is 2.18. The molecular weight excluding hydrogens is 256 g/mol. The van der Waals surface area contributed by atoms with Crippen LogP contribution in [0.15, 0.2) is 12.3 Å². The normalized spacial score (nSPS) is 12.8. The van der Waals surface area contributed by atoms with Gasteiger partial charge in [0.15, 0.2) is 0 Å². The topological polar surface area (TPSA) is 79.2 Å². The molecule has 0 saturated carbocycles. The molecule has 114 valence electrons. The van der Waals surface area contributed by atoms with E-state index in [2.05, 4.69) is 15.7 Å². The summed E-state index contributed by atoms with van der Waals surface area (Å²) in [5, 5.41) is 19.5. The van der Waals surface area contributed by atoms with E-state index in [1.165, 1.54) is 0 Å². The Morgan fingerprint density at radius 1 is 1.40 bits per heavy atom. The Hall–Kier alpha value is -1.56. The number of carbonyl (C=O) groups excluding carboxylic acids is 1. The van der Waals surface area contributed by atoms with Crippen molar-refractivity contribution in [2.45, 2.75) is 52.7 Å². The summed E-state index contributed by atoms with van der Waals surface area (Å²) in [4.78, 5) is 11.8. The second-order valence-corrected chi connectivity index (χ2v) is 5.23. The predicted octanol–water partition coefficient (Wildman–Crippen LogP) is 2.38. The molecule has 0 spiro atoms. The molecule has 0 radical (unpaired) electrons. The molecule has 0 saturated heterocycles. The molecular formula is C14H26N4O2. The molecule has 1 aromatic heterocycles. The molecule has 1 rings (SSSR count). The summed E-state index contributed by atoms with van der Waals surface area (Å²) >= 11 is 0. The zero-order chi connectivity index (χ0) is 15.1. The second-order valence-electron chi connectivity index (χ2n) is 5.23. The van der Waals surface area contributed by atoms with Gasteiger partial charge in [0.1, 0.15) is 5.82 Å². The lowest BCUT2D eigenvalue weighted by Gasteiger charge is -2.20. The van der Waals surface area contributed by atoms with Crippen LogP contribution in [-0.4, -0.2) is 33.6 Å². The van der Waals surface area contributed by atoms with Crippen molar-refractivity contribution in [1.29, 1.82) is 0 Å². The van der Waals surface area contributed by atoms with Crippen LogP contribution < -0.4 is 10.6 Å². The van der Waals surface area contributed by atoms with Crippen molar-refractivity contribution in [3.8, 4) is 0 Å². The molecule has 0 aliphatic heterocycles. The molecule has 0 aliphatic carbocycles. The molecule has 1 unspecified atom stereocenters. The minimum absolute atomic E-state index is 0.176. The maximum absolute atomic E-state index is 11.8. The van der Waals surface area contributed by atoms with Crippen molar-refractivity contribution in [1.82, 2.24) is 15.1 Å². The number of amides is 2. The summed E-state index contributed by atoms with van der Waals surface area (Å²) in [6.07, 6.45) is 2.95. The number of rotatable bonds is 7. The first-order chi connectivity index (χ1) is 9.49. The van der Waals surface area contributed by atoms with Gasteiger partial charge in [-0.1, -0.05) is 26.7 Å². The van der Waals surface area contributed by atoms with Crippen LogP contribution in [0.2, 0.25) is 0 Å². The maximum atomic E-state index is 11.8. The third-order valence-electron chi connectivity index (χ3n) is 3.47. The zero-order valence-electron chi connectivity index (χ0n) is 12.8. The van der Waals surface area contributed by atoms with Crippen molar-refractivity contribution in [3.63, 3.8) is 0 Å². The van der Waals surface area contributed by atoms with Gasteiger partial charge in [-0.05, 0) is 19.8 Å². The molecule has 0 bridgehead atoms. The van der Waals surface area contributed by atoms with Crippen LogP contribution in [0.25, 0.3) is 0 Å². The van der Waals surface area contributed by atoms with Crippen molar-refractivity contribution >= 4 is 11.8 Å². The number of nitrogens with zero attached hydrogens (tertiary/aromatic N) is 2. The minimum Gasteiger partial charge on any atom is -0.391 e. The minimum atomic E-state index is -0.509. The van der Waals surface area contributed by atoms with Crippen LogP contribution >= 0.6 is 0 Å². The Morgan fingerprint density at radius 2 is 2.05 bits per heavy atom. The average molecular weight is 282 g/mol. The van der Waals surface area contributed by atoms with Gasteiger partial charge in [0, 0.05) is 18.7 Å². The van der Waals surface area contributed by atoms with Gasteiger partial charge in [-0.3, -0.25) is 5.32 Å². The van der Waals surface area contributed by atoms with Crippen LogP contribution in [0.4, 0.5) is 10.6 Å². The average Bonchev–Trinajstić information content (AvgIpc) is 2.86. The standard InChI is InChI=1S/C14H26N4O2/c1-5-11(6-2)12(19)9-15-14(20)17-13-7-8-16-18(13)10(3)4/h7-8,10-12,19H,5-6,9H2,1-4H3,(H2,15,17,20). The predicted molar refractivity (Wildman–Crippen MR) is 79.7 cm³/mol. The van der Waals surface area contributed by atoms with E-state index in [9.17, 15) is 9.90 Å². The largest absolute Gasteiger partial charge is 0.391 e. The Morgan fingerprint density at radius 3 is 2.60 bits per heavy atom. The van der Waals surface area contributed by atoms with Gasteiger partial charge >= 0.3 is 6.03 Å². The SMILES string of the molecule is CCC(CC)C(O)CNC(=O)Nc1ccnn1C(C)C. The van der Waals surface area contributed by atoms with Crippen LogP contribution in [0, 0.1) is 5.92 Å². The van der Waals surface area contributed by atoms with Gasteiger partial charge in [-0.2, -0.15) is 5.10 Å². The lowest BCUT2D eigenvalue weighted by Crippen LogP contribution is -2.38. The summed E-state index contributed by atoms with van der Waals surface area (Å²) in [7, 11) is 0. The third-order valence-corrected chi connectivity index (χ3v) is 3.47. The van der Waals surface area contributed by atoms with Gasteiger partial charge in [0.2, 0.25) is 0 Å². The number of urea groups is 1.